The van der Waals surface area contributed by atoms with Crippen LogP contribution in [-0.4, -0.2) is 47.1 Å². The van der Waals surface area contributed by atoms with Crippen molar-refractivity contribution in [2.75, 3.05) is 20.2 Å². The molecule has 1 saturated heterocycles. The molecule has 2 rings (SSSR count). The fourth-order valence-corrected chi connectivity index (χ4v) is 2.08. The molecule has 0 bridgehead atoms. The molecule has 6 nitrogen and oxygen atoms in total. The van der Waals surface area contributed by atoms with Crippen LogP contribution in [0.4, 0.5) is 0 Å². The van der Waals surface area contributed by atoms with Gasteiger partial charge >= 0.3 is 0 Å². The lowest BCUT2D eigenvalue weighted by Crippen LogP contribution is -2.33. The van der Waals surface area contributed by atoms with Gasteiger partial charge in [-0.15, -0.1) is 0 Å². The number of hydrogen-bond acceptors (Lipinski definition) is 5. The maximum Gasteiger partial charge on any atom is 0.278 e. The van der Waals surface area contributed by atoms with E-state index in [0.29, 0.717) is 18.3 Å². The van der Waals surface area contributed by atoms with Crippen LogP contribution in [0.2, 0.25) is 0 Å². The minimum Gasteiger partial charge on any atom is -0.477 e. The summed E-state index contributed by atoms with van der Waals surface area (Å²) in [5.41, 5.74) is 0. The van der Waals surface area contributed by atoms with E-state index in [4.69, 9.17) is 9.47 Å². The Morgan fingerprint density at radius 2 is 2.05 bits per heavy atom. The zero-order valence-corrected chi connectivity index (χ0v) is 11.5. The van der Waals surface area contributed by atoms with Crippen molar-refractivity contribution < 1.29 is 14.3 Å². The van der Waals surface area contributed by atoms with E-state index >= 15 is 0 Å². The van der Waals surface area contributed by atoms with E-state index in [-0.39, 0.29) is 17.9 Å². The van der Waals surface area contributed by atoms with Gasteiger partial charge in [0.1, 0.15) is 6.10 Å². The molecule has 0 N–H and O–H groups in total. The third kappa shape index (κ3) is 3.13. The molecule has 0 radical (unpaired) electrons. The van der Waals surface area contributed by atoms with Gasteiger partial charge in [0.05, 0.1) is 13.7 Å². The van der Waals surface area contributed by atoms with Crippen molar-refractivity contribution in [3.8, 4) is 11.8 Å². The van der Waals surface area contributed by atoms with Gasteiger partial charge < -0.3 is 14.4 Å². The number of aromatic nitrogens is 2. The third-order valence-corrected chi connectivity index (χ3v) is 3.06. The highest BCUT2D eigenvalue weighted by Gasteiger charge is 2.29. The Kier molecular flexibility index (Phi) is 4.19. The fraction of sp³-hybridized carbons (Fsp3) is 0.615. The molecule has 0 spiro atoms. The van der Waals surface area contributed by atoms with Crippen molar-refractivity contribution in [2.45, 2.75) is 26.4 Å². The second-order valence-corrected chi connectivity index (χ2v) is 4.84. The van der Waals surface area contributed by atoms with E-state index in [1.54, 1.807) is 12.4 Å². The predicted molar refractivity (Wildman–Crippen MR) is 69.0 cm³/mol. The number of ether oxygens (including phenoxy) is 2. The highest BCUT2D eigenvalue weighted by Crippen LogP contribution is 2.24. The molecular weight excluding hydrogens is 246 g/mol. The summed E-state index contributed by atoms with van der Waals surface area (Å²) in [4.78, 5) is 21.9. The molecule has 1 atom stereocenters. The van der Waals surface area contributed by atoms with E-state index in [1.807, 2.05) is 18.7 Å². The summed E-state index contributed by atoms with van der Waals surface area (Å²) >= 11 is 0. The van der Waals surface area contributed by atoms with E-state index < -0.39 is 0 Å². The Hall–Kier alpha value is -1.85. The largest absolute Gasteiger partial charge is 0.477 e. The van der Waals surface area contributed by atoms with Crippen LogP contribution in [0.1, 0.15) is 20.3 Å². The Morgan fingerprint density at radius 3 is 2.68 bits per heavy atom. The first-order chi connectivity index (χ1) is 9.11. The van der Waals surface area contributed by atoms with Gasteiger partial charge in [0.25, 0.3) is 11.8 Å². The van der Waals surface area contributed by atoms with Gasteiger partial charge in [-0.1, -0.05) is 13.8 Å². The van der Waals surface area contributed by atoms with Gasteiger partial charge in [-0.3, -0.25) is 4.79 Å². The van der Waals surface area contributed by atoms with Gasteiger partial charge in [-0.2, -0.15) is 0 Å². The van der Waals surface area contributed by atoms with Gasteiger partial charge in [0.15, 0.2) is 0 Å². The summed E-state index contributed by atoms with van der Waals surface area (Å²) in [5.74, 6) is 0.937. The molecule has 1 unspecified atom stereocenters. The normalized spacial score (nSPS) is 18.7. The number of rotatable bonds is 4. The molecule has 1 amide bonds. The molecule has 19 heavy (non-hydrogen) atoms. The van der Waals surface area contributed by atoms with Crippen LogP contribution in [0.3, 0.4) is 0 Å². The van der Waals surface area contributed by atoms with Crippen LogP contribution in [0, 0.1) is 5.92 Å². The molecule has 2 heterocycles. The first-order valence-corrected chi connectivity index (χ1v) is 6.42. The smallest absolute Gasteiger partial charge is 0.278 e. The Morgan fingerprint density at radius 1 is 1.37 bits per heavy atom. The molecule has 0 saturated carbocycles. The zero-order chi connectivity index (χ0) is 13.8. The van der Waals surface area contributed by atoms with Crippen molar-refractivity contribution in [1.82, 2.24) is 14.9 Å². The second kappa shape index (κ2) is 5.86. The van der Waals surface area contributed by atoms with Crippen molar-refractivity contribution in [2.24, 2.45) is 5.92 Å². The predicted octanol–water partition coefficient (Wildman–Crippen LogP) is 1.12. The topological polar surface area (TPSA) is 64.6 Å². The van der Waals surface area contributed by atoms with Crippen LogP contribution in [-0.2, 0) is 4.79 Å². The van der Waals surface area contributed by atoms with Gasteiger partial charge in [0.2, 0.25) is 5.91 Å². The molecule has 1 fully saturated rings. The lowest BCUT2D eigenvalue weighted by Gasteiger charge is -2.19. The third-order valence-electron chi connectivity index (χ3n) is 3.06. The van der Waals surface area contributed by atoms with Crippen molar-refractivity contribution >= 4 is 5.91 Å². The first-order valence-electron chi connectivity index (χ1n) is 6.42. The Balaban J connectivity index is 1.97. The molecule has 1 aliphatic rings. The number of carbonyl (C=O) groups is 1. The number of hydrogen-bond donors (Lipinski definition) is 0. The summed E-state index contributed by atoms with van der Waals surface area (Å²) in [6, 6.07) is 0. The summed E-state index contributed by atoms with van der Waals surface area (Å²) in [7, 11) is 1.53. The van der Waals surface area contributed by atoms with E-state index in [9.17, 15) is 4.79 Å². The summed E-state index contributed by atoms with van der Waals surface area (Å²) in [6.07, 6.45) is 3.87. The highest BCUT2D eigenvalue weighted by molar-refractivity contribution is 5.78. The summed E-state index contributed by atoms with van der Waals surface area (Å²) < 4.78 is 10.9. The molecule has 1 aromatic heterocycles. The number of nitrogens with zero attached hydrogens (tertiary/aromatic N) is 3. The van der Waals surface area contributed by atoms with Gasteiger partial charge in [0, 0.05) is 31.3 Å². The molecule has 0 aromatic carbocycles. The summed E-state index contributed by atoms with van der Waals surface area (Å²) in [6.45, 7) is 5.13. The van der Waals surface area contributed by atoms with Gasteiger partial charge in [-0.05, 0) is 0 Å². The average Bonchev–Trinajstić information content (AvgIpc) is 2.87. The quantitative estimate of drug-likeness (QED) is 0.816. The molecule has 0 aliphatic carbocycles. The number of amides is 1. The standard InChI is InChI=1S/C13H19N3O3/c1-9(2)13(17)16-7-4-10(8-16)19-12-11(18-3)14-5-6-15-12/h5-6,9-10H,4,7-8H2,1-3H3. The lowest BCUT2D eigenvalue weighted by atomic mass is 10.2. The molecular formula is C13H19N3O3. The van der Waals surface area contributed by atoms with Crippen molar-refractivity contribution in [1.29, 1.82) is 0 Å². The maximum absolute atomic E-state index is 11.9. The van der Waals surface area contributed by atoms with E-state index in [0.717, 1.165) is 13.0 Å². The van der Waals surface area contributed by atoms with Crippen LogP contribution in [0.25, 0.3) is 0 Å². The first kappa shape index (κ1) is 13.6. The van der Waals surface area contributed by atoms with E-state index in [2.05, 4.69) is 9.97 Å². The minimum atomic E-state index is -0.0479. The lowest BCUT2D eigenvalue weighted by molar-refractivity contribution is -0.133. The Labute approximate surface area is 112 Å². The van der Waals surface area contributed by atoms with E-state index in [1.165, 1.54) is 7.11 Å². The summed E-state index contributed by atoms with van der Waals surface area (Å²) in [5, 5.41) is 0. The van der Waals surface area contributed by atoms with Crippen LogP contribution in [0.5, 0.6) is 11.8 Å². The minimum absolute atomic E-state index is 0.0183. The molecule has 1 aromatic rings. The number of likely N-dealkylation sites (tertiary alicyclic amines) is 1. The fourth-order valence-electron chi connectivity index (χ4n) is 2.08. The van der Waals surface area contributed by atoms with Crippen molar-refractivity contribution in [3.05, 3.63) is 12.4 Å². The number of carbonyl (C=O) groups excluding carboxylic acids is 1. The SMILES string of the molecule is COc1nccnc1OC1CCN(C(=O)C(C)C)C1. The maximum atomic E-state index is 11.9. The monoisotopic (exact) mass is 265 g/mol. The Bertz CT molecular complexity index is 451. The second-order valence-electron chi connectivity index (χ2n) is 4.84. The average molecular weight is 265 g/mol. The van der Waals surface area contributed by atoms with Crippen LogP contribution >= 0.6 is 0 Å². The van der Waals surface area contributed by atoms with Crippen LogP contribution in [0.15, 0.2) is 12.4 Å². The molecule has 1 aliphatic heterocycles. The van der Waals surface area contributed by atoms with Crippen molar-refractivity contribution in [3.63, 3.8) is 0 Å². The van der Waals surface area contributed by atoms with Gasteiger partial charge in [-0.25, -0.2) is 9.97 Å². The number of methoxy groups -OCH3 is 1. The van der Waals surface area contributed by atoms with Crippen LogP contribution < -0.4 is 9.47 Å². The molecule has 6 heteroatoms. The molecule has 104 valence electrons. The highest BCUT2D eigenvalue weighted by atomic mass is 16.5. The zero-order valence-electron chi connectivity index (χ0n) is 11.5.